The summed E-state index contributed by atoms with van der Waals surface area (Å²) in [7, 11) is 0. The Morgan fingerprint density at radius 2 is 2.07 bits per heavy atom. The number of ether oxygens (including phenoxy) is 1. The predicted molar refractivity (Wildman–Crippen MR) is 100 cm³/mol. The Kier molecular flexibility index (Phi) is 5.02. The highest BCUT2D eigenvalue weighted by Crippen LogP contribution is 2.19. The van der Waals surface area contributed by atoms with Gasteiger partial charge in [0.05, 0.1) is 29.6 Å². The van der Waals surface area contributed by atoms with Crippen molar-refractivity contribution < 1.29 is 9.53 Å². The van der Waals surface area contributed by atoms with Crippen LogP contribution < -0.4 is 4.74 Å². The lowest BCUT2D eigenvalue weighted by Crippen LogP contribution is -2.44. The number of benzene rings is 1. The molecule has 3 aromatic rings. The molecule has 27 heavy (non-hydrogen) atoms. The first-order valence-electron chi connectivity index (χ1n) is 8.72. The molecule has 1 amide bonds. The van der Waals surface area contributed by atoms with Gasteiger partial charge in [-0.2, -0.15) is 5.10 Å². The number of carbonyl (C=O) groups is 1. The summed E-state index contributed by atoms with van der Waals surface area (Å²) in [5.74, 6) is -0.0191. The number of halogens is 1. The average Bonchev–Trinajstić information content (AvgIpc) is 3.24. The van der Waals surface area contributed by atoms with Crippen molar-refractivity contribution in [1.29, 1.82) is 0 Å². The third-order valence-electron chi connectivity index (χ3n) is 4.40. The van der Waals surface area contributed by atoms with Crippen molar-refractivity contribution in [3.63, 3.8) is 0 Å². The highest BCUT2D eigenvalue weighted by Gasteiger charge is 2.26. The van der Waals surface area contributed by atoms with E-state index in [0.717, 1.165) is 18.5 Å². The lowest BCUT2D eigenvalue weighted by atomic mass is 10.1. The molecule has 1 atom stereocenters. The zero-order chi connectivity index (χ0) is 18.6. The van der Waals surface area contributed by atoms with Crippen LogP contribution in [0.15, 0.2) is 55.1 Å². The zero-order valence-corrected chi connectivity index (χ0v) is 15.3. The van der Waals surface area contributed by atoms with E-state index in [9.17, 15) is 4.79 Å². The maximum atomic E-state index is 13.0. The first kappa shape index (κ1) is 17.5. The van der Waals surface area contributed by atoms with Crippen molar-refractivity contribution in [3.05, 3.63) is 65.7 Å². The fourth-order valence-corrected chi connectivity index (χ4v) is 3.21. The molecule has 0 radical (unpaired) electrons. The fraction of sp³-hybridized carbons (Fsp3) is 0.263. The number of carbonyl (C=O) groups excluding carboxylic acids is 1. The first-order chi connectivity index (χ1) is 13.2. The molecule has 1 saturated heterocycles. The van der Waals surface area contributed by atoms with Gasteiger partial charge in [0, 0.05) is 24.5 Å². The summed E-state index contributed by atoms with van der Waals surface area (Å²) in [4.78, 5) is 22.9. The summed E-state index contributed by atoms with van der Waals surface area (Å²) in [5.41, 5.74) is 1.48. The average molecular weight is 384 g/mol. The van der Waals surface area contributed by atoms with Crippen LogP contribution in [0.4, 0.5) is 0 Å². The summed E-state index contributed by atoms with van der Waals surface area (Å²) < 4.78 is 7.55. The van der Waals surface area contributed by atoms with E-state index in [-0.39, 0.29) is 18.0 Å². The molecule has 0 aliphatic carbocycles. The van der Waals surface area contributed by atoms with E-state index in [4.69, 9.17) is 16.3 Å². The smallest absolute Gasteiger partial charge is 0.316 e. The van der Waals surface area contributed by atoms with Crippen LogP contribution in [-0.2, 0) is 0 Å². The second kappa shape index (κ2) is 7.75. The van der Waals surface area contributed by atoms with E-state index in [1.54, 1.807) is 10.9 Å². The van der Waals surface area contributed by atoms with Crippen molar-refractivity contribution >= 4 is 17.5 Å². The zero-order valence-electron chi connectivity index (χ0n) is 14.5. The Morgan fingerprint density at radius 3 is 2.85 bits per heavy atom. The Balaban J connectivity index is 1.45. The molecule has 1 aromatic carbocycles. The van der Waals surface area contributed by atoms with Crippen molar-refractivity contribution in [2.75, 3.05) is 13.1 Å². The van der Waals surface area contributed by atoms with Gasteiger partial charge in [0.2, 0.25) is 0 Å². The van der Waals surface area contributed by atoms with Crippen LogP contribution in [0.2, 0.25) is 5.02 Å². The molecular formula is C19H18ClN5O2. The molecule has 3 heterocycles. The summed E-state index contributed by atoms with van der Waals surface area (Å²) in [6.45, 7) is 1.20. The number of hydrogen-bond donors (Lipinski definition) is 0. The van der Waals surface area contributed by atoms with Gasteiger partial charge in [-0.25, -0.2) is 14.6 Å². The van der Waals surface area contributed by atoms with Gasteiger partial charge in [0.25, 0.3) is 5.91 Å². The molecule has 2 aromatic heterocycles. The second-order valence-electron chi connectivity index (χ2n) is 6.32. The molecule has 1 aliphatic heterocycles. The van der Waals surface area contributed by atoms with Crippen LogP contribution in [-0.4, -0.2) is 49.7 Å². The van der Waals surface area contributed by atoms with Crippen molar-refractivity contribution in [1.82, 2.24) is 24.6 Å². The number of likely N-dealkylation sites (tertiary alicyclic amines) is 1. The van der Waals surface area contributed by atoms with Gasteiger partial charge in [-0.05, 0) is 37.1 Å². The van der Waals surface area contributed by atoms with Gasteiger partial charge < -0.3 is 9.64 Å². The second-order valence-corrected chi connectivity index (χ2v) is 6.75. The SMILES string of the molecule is O=C(c1cccc(-n2cccn2)c1)N1CCCC(Oc2ncc(Cl)cn2)C1. The van der Waals surface area contributed by atoms with Crippen LogP contribution in [0.5, 0.6) is 6.01 Å². The van der Waals surface area contributed by atoms with E-state index >= 15 is 0 Å². The lowest BCUT2D eigenvalue weighted by Gasteiger charge is -2.32. The molecular weight excluding hydrogens is 366 g/mol. The Bertz CT molecular complexity index is 914. The molecule has 7 nitrogen and oxygen atoms in total. The minimum absolute atomic E-state index is 0.0191. The molecule has 138 valence electrons. The van der Waals surface area contributed by atoms with E-state index in [1.807, 2.05) is 41.4 Å². The maximum Gasteiger partial charge on any atom is 0.316 e. The molecule has 1 fully saturated rings. The minimum Gasteiger partial charge on any atom is -0.458 e. The number of hydrogen-bond acceptors (Lipinski definition) is 5. The molecule has 1 unspecified atom stereocenters. The van der Waals surface area contributed by atoms with Crippen LogP contribution in [0.25, 0.3) is 5.69 Å². The quantitative estimate of drug-likeness (QED) is 0.692. The largest absolute Gasteiger partial charge is 0.458 e. The van der Waals surface area contributed by atoms with Crippen molar-refractivity contribution in [2.24, 2.45) is 0 Å². The van der Waals surface area contributed by atoms with Crippen LogP contribution in [0.3, 0.4) is 0 Å². The predicted octanol–water partition coefficient (Wildman–Crippen LogP) is 3.00. The Hall–Kier alpha value is -2.93. The van der Waals surface area contributed by atoms with Gasteiger partial charge in [-0.3, -0.25) is 4.79 Å². The molecule has 0 bridgehead atoms. The highest BCUT2D eigenvalue weighted by atomic mass is 35.5. The minimum atomic E-state index is -0.141. The van der Waals surface area contributed by atoms with Gasteiger partial charge in [-0.1, -0.05) is 17.7 Å². The van der Waals surface area contributed by atoms with E-state index in [0.29, 0.717) is 23.7 Å². The first-order valence-corrected chi connectivity index (χ1v) is 9.10. The van der Waals surface area contributed by atoms with Crippen LogP contribution in [0.1, 0.15) is 23.2 Å². The summed E-state index contributed by atoms with van der Waals surface area (Å²) >= 11 is 5.80. The Morgan fingerprint density at radius 1 is 1.22 bits per heavy atom. The molecule has 4 rings (SSSR count). The molecule has 0 saturated carbocycles. The van der Waals surface area contributed by atoms with Crippen molar-refractivity contribution in [3.8, 4) is 11.7 Å². The highest BCUT2D eigenvalue weighted by molar-refractivity contribution is 6.30. The van der Waals surface area contributed by atoms with Gasteiger partial charge in [-0.15, -0.1) is 0 Å². The fourth-order valence-electron chi connectivity index (χ4n) is 3.11. The summed E-state index contributed by atoms with van der Waals surface area (Å²) in [6, 6.07) is 9.58. The number of aromatic nitrogens is 4. The molecule has 0 N–H and O–H groups in total. The molecule has 0 spiro atoms. The standard InChI is InChI=1S/C19H18ClN5O2/c20-15-11-21-19(22-12-15)27-17-6-2-8-24(13-17)18(26)14-4-1-5-16(10-14)25-9-3-7-23-25/h1,3-5,7,9-12,17H,2,6,8,13H2. The number of piperidine rings is 1. The number of rotatable bonds is 4. The number of amides is 1. The van der Waals surface area contributed by atoms with E-state index < -0.39 is 0 Å². The van der Waals surface area contributed by atoms with Crippen LogP contribution in [0, 0.1) is 0 Å². The number of nitrogens with zero attached hydrogens (tertiary/aromatic N) is 5. The summed E-state index contributed by atoms with van der Waals surface area (Å²) in [6.07, 6.45) is 8.12. The van der Waals surface area contributed by atoms with Crippen molar-refractivity contribution in [2.45, 2.75) is 18.9 Å². The third-order valence-corrected chi connectivity index (χ3v) is 4.59. The third kappa shape index (κ3) is 4.09. The topological polar surface area (TPSA) is 73.1 Å². The maximum absolute atomic E-state index is 13.0. The monoisotopic (exact) mass is 383 g/mol. The van der Waals surface area contributed by atoms with E-state index in [1.165, 1.54) is 12.4 Å². The summed E-state index contributed by atoms with van der Waals surface area (Å²) in [5, 5.41) is 4.67. The molecule has 8 heteroatoms. The lowest BCUT2D eigenvalue weighted by molar-refractivity contribution is 0.0516. The van der Waals surface area contributed by atoms with Gasteiger partial charge in [0.15, 0.2) is 0 Å². The van der Waals surface area contributed by atoms with Gasteiger partial charge >= 0.3 is 6.01 Å². The van der Waals surface area contributed by atoms with E-state index in [2.05, 4.69) is 15.1 Å². The Labute approximate surface area is 161 Å². The van der Waals surface area contributed by atoms with Crippen LogP contribution >= 0.6 is 11.6 Å². The van der Waals surface area contributed by atoms with Gasteiger partial charge in [0.1, 0.15) is 6.10 Å². The molecule has 1 aliphatic rings. The normalized spacial score (nSPS) is 16.9.